The number of epoxide rings is 1. The molecule has 2 aliphatic rings. The van der Waals surface area contributed by atoms with Crippen LogP contribution in [0.3, 0.4) is 0 Å². The van der Waals surface area contributed by atoms with Crippen LogP contribution in [0.1, 0.15) is 24.8 Å². The Bertz CT molecular complexity index is 335. The number of benzene rings is 1. The van der Waals surface area contributed by atoms with Crippen LogP contribution in [-0.2, 0) is 10.3 Å². The summed E-state index contributed by atoms with van der Waals surface area (Å²) in [5.41, 5.74) is 1.09. The molecule has 2 fully saturated rings. The predicted octanol–water partition coefficient (Wildman–Crippen LogP) is 1.83. The lowest BCUT2D eigenvalue weighted by molar-refractivity contribution is 0.122. The third-order valence-corrected chi connectivity index (χ3v) is 3.40. The van der Waals surface area contributed by atoms with Crippen LogP contribution in [0, 0.1) is 0 Å². The first-order valence-corrected chi connectivity index (χ1v) is 5.24. The van der Waals surface area contributed by atoms with Crippen LogP contribution in [-0.4, -0.2) is 17.3 Å². The van der Waals surface area contributed by atoms with Gasteiger partial charge in [0.25, 0.3) is 0 Å². The van der Waals surface area contributed by atoms with E-state index in [4.69, 9.17) is 4.74 Å². The Kier molecular flexibility index (Phi) is 1.70. The van der Waals surface area contributed by atoms with Gasteiger partial charge in [0.15, 0.2) is 0 Å². The van der Waals surface area contributed by atoms with Crippen molar-refractivity contribution < 1.29 is 9.84 Å². The Hall–Kier alpha value is -0.860. The number of aliphatic hydroxyl groups is 1. The molecule has 0 unspecified atom stereocenters. The summed E-state index contributed by atoms with van der Waals surface area (Å²) in [6.07, 6.45) is 2.80. The number of rotatable bonds is 1. The van der Waals surface area contributed by atoms with Crippen molar-refractivity contribution in [2.24, 2.45) is 0 Å². The summed E-state index contributed by atoms with van der Waals surface area (Å²) >= 11 is 0. The molecule has 2 nitrogen and oxygen atoms in total. The molecule has 14 heavy (non-hydrogen) atoms. The van der Waals surface area contributed by atoms with Crippen LogP contribution in [0.2, 0.25) is 0 Å². The highest BCUT2D eigenvalue weighted by molar-refractivity contribution is 5.31. The summed E-state index contributed by atoms with van der Waals surface area (Å²) in [5.74, 6) is 0. The smallest absolute Gasteiger partial charge is 0.122 e. The average Bonchev–Trinajstić information content (AvgIpc) is 2.97. The van der Waals surface area contributed by atoms with Crippen molar-refractivity contribution in [1.82, 2.24) is 0 Å². The number of hydrogen-bond acceptors (Lipinski definition) is 2. The SMILES string of the molecule is O[C@@H]1CCC[C@]2(c3ccccc3)O[C@H]12. The van der Waals surface area contributed by atoms with Crippen LogP contribution in [0.4, 0.5) is 0 Å². The van der Waals surface area contributed by atoms with E-state index >= 15 is 0 Å². The van der Waals surface area contributed by atoms with Crippen molar-refractivity contribution in [2.45, 2.75) is 37.1 Å². The normalized spacial score (nSPS) is 40.4. The second-order valence-electron chi connectivity index (χ2n) is 4.25. The predicted molar refractivity (Wildman–Crippen MR) is 52.9 cm³/mol. The van der Waals surface area contributed by atoms with E-state index in [1.54, 1.807) is 0 Å². The van der Waals surface area contributed by atoms with Gasteiger partial charge in [-0.1, -0.05) is 30.3 Å². The molecule has 1 heterocycles. The molecule has 3 rings (SSSR count). The molecule has 74 valence electrons. The van der Waals surface area contributed by atoms with E-state index in [1.807, 2.05) is 18.2 Å². The quantitative estimate of drug-likeness (QED) is 0.685. The highest BCUT2D eigenvalue weighted by atomic mass is 16.6. The third kappa shape index (κ3) is 1.04. The van der Waals surface area contributed by atoms with Crippen molar-refractivity contribution >= 4 is 0 Å². The Balaban J connectivity index is 1.93. The van der Waals surface area contributed by atoms with E-state index in [0.29, 0.717) is 0 Å². The molecule has 1 saturated carbocycles. The third-order valence-electron chi connectivity index (χ3n) is 3.40. The minimum absolute atomic E-state index is 0.0543. The monoisotopic (exact) mass is 190 g/mol. The Morgan fingerprint density at radius 1 is 1.29 bits per heavy atom. The molecule has 1 aromatic rings. The lowest BCUT2D eigenvalue weighted by Gasteiger charge is -2.20. The Labute approximate surface area is 83.5 Å². The van der Waals surface area contributed by atoms with E-state index in [1.165, 1.54) is 5.56 Å². The van der Waals surface area contributed by atoms with E-state index in [9.17, 15) is 5.11 Å². The standard InChI is InChI=1S/C12H14O2/c13-10-7-4-8-12(11(10)14-12)9-5-2-1-3-6-9/h1-3,5-6,10-11,13H,4,7-8H2/t10-,11-,12-/m1/s1. The minimum atomic E-state index is -0.260. The van der Waals surface area contributed by atoms with Crippen LogP contribution in [0.15, 0.2) is 30.3 Å². The summed E-state index contributed by atoms with van der Waals surface area (Å²) in [4.78, 5) is 0. The molecule has 0 amide bonds. The molecular formula is C12H14O2. The van der Waals surface area contributed by atoms with Gasteiger partial charge >= 0.3 is 0 Å². The van der Waals surface area contributed by atoms with Crippen molar-refractivity contribution in [3.05, 3.63) is 35.9 Å². The van der Waals surface area contributed by atoms with E-state index in [-0.39, 0.29) is 17.8 Å². The number of aliphatic hydroxyl groups excluding tert-OH is 1. The molecule has 1 aromatic carbocycles. The maximum atomic E-state index is 9.72. The molecule has 0 spiro atoms. The fourth-order valence-electron chi connectivity index (χ4n) is 2.61. The van der Waals surface area contributed by atoms with Crippen LogP contribution in [0.5, 0.6) is 0 Å². The molecule has 0 radical (unpaired) electrons. The molecule has 0 bridgehead atoms. The maximum absolute atomic E-state index is 9.72. The van der Waals surface area contributed by atoms with Crippen molar-refractivity contribution in [1.29, 1.82) is 0 Å². The Morgan fingerprint density at radius 3 is 2.86 bits per heavy atom. The van der Waals surface area contributed by atoms with Crippen LogP contribution in [0.25, 0.3) is 0 Å². The summed E-state index contributed by atoms with van der Waals surface area (Å²) in [6.45, 7) is 0. The molecule has 1 aliphatic heterocycles. The lowest BCUT2D eigenvalue weighted by atomic mass is 9.82. The molecular weight excluding hydrogens is 176 g/mol. The molecule has 1 saturated heterocycles. The van der Waals surface area contributed by atoms with Gasteiger partial charge in [-0.15, -0.1) is 0 Å². The number of ether oxygens (including phenoxy) is 1. The fraction of sp³-hybridized carbons (Fsp3) is 0.500. The first-order chi connectivity index (χ1) is 6.83. The van der Waals surface area contributed by atoms with Gasteiger partial charge in [0.05, 0.1) is 6.10 Å². The first-order valence-electron chi connectivity index (χ1n) is 5.24. The average molecular weight is 190 g/mol. The largest absolute Gasteiger partial charge is 0.390 e. The number of hydrogen-bond donors (Lipinski definition) is 1. The maximum Gasteiger partial charge on any atom is 0.122 e. The first kappa shape index (κ1) is 8.45. The van der Waals surface area contributed by atoms with Gasteiger partial charge in [0, 0.05) is 0 Å². The van der Waals surface area contributed by atoms with Gasteiger partial charge in [-0.05, 0) is 24.8 Å². The molecule has 0 aromatic heterocycles. The summed E-state index contributed by atoms with van der Waals surface area (Å²) in [6, 6.07) is 10.3. The van der Waals surface area contributed by atoms with Gasteiger partial charge in [0.2, 0.25) is 0 Å². The van der Waals surface area contributed by atoms with Crippen molar-refractivity contribution in [2.75, 3.05) is 0 Å². The zero-order chi connectivity index (χ0) is 9.60. The fourth-order valence-corrected chi connectivity index (χ4v) is 2.61. The zero-order valence-electron chi connectivity index (χ0n) is 8.02. The van der Waals surface area contributed by atoms with Gasteiger partial charge < -0.3 is 9.84 Å². The van der Waals surface area contributed by atoms with Crippen molar-refractivity contribution in [3.63, 3.8) is 0 Å². The molecule has 2 heteroatoms. The highest BCUT2D eigenvalue weighted by Gasteiger charge is 2.62. The van der Waals surface area contributed by atoms with Crippen LogP contribution < -0.4 is 0 Å². The van der Waals surface area contributed by atoms with Gasteiger partial charge in [-0.2, -0.15) is 0 Å². The lowest BCUT2D eigenvalue weighted by Crippen LogP contribution is -2.28. The summed E-state index contributed by atoms with van der Waals surface area (Å²) in [5, 5.41) is 9.72. The van der Waals surface area contributed by atoms with E-state index in [0.717, 1.165) is 19.3 Å². The molecule has 3 atom stereocenters. The molecule has 1 N–H and O–H groups in total. The van der Waals surface area contributed by atoms with E-state index in [2.05, 4.69) is 12.1 Å². The number of fused-ring (bicyclic) bond motifs is 1. The van der Waals surface area contributed by atoms with E-state index < -0.39 is 0 Å². The highest BCUT2D eigenvalue weighted by Crippen LogP contribution is 2.55. The minimum Gasteiger partial charge on any atom is -0.390 e. The van der Waals surface area contributed by atoms with Crippen LogP contribution >= 0.6 is 0 Å². The zero-order valence-corrected chi connectivity index (χ0v) is 8.02. The summed E-state index contributed by atoms with van der Waals surface area (Å²) in [7, 11) is 0. The van der Waals surface area contributed by atoms with Gasteiger partial charge in [-0.25, -0.2) is 0 Å². The van der Waals surface area contributed by atoms with Crippen molar-refractivity contribution in [3.8, 4) is 0 Å². The second-order valence-corrected chi connectivity index (χ2v) is 4.25. The second kappa shape index (κ2) is 2.81. The van der Waals surface area contributed by atoms with Gasteiger partial charge in [0.1, 0.15) is 11.7 Å². The topological polar surface area (TPSA) is 32.8 Å². The Morgan fingerprint density at radius 2 is 2.07 bits per heavy atom. The summed E-state index contributed by atoms with van der Waals surface area (Å²) < 4.78 is 5.71. The van der Waals surface area contributed by atoms with Gasteiger partial charge in [-0.3, -0.25) is 0 Å². The molecule has 1 aliphatic carbocycles.